The topological polar surface area (TPSA) is 41.6 Å². The van der Waals surface area contributed by atoms with Gasteiger partial charge < -0.3 is 10.1 Å². The Morgan fingerprint density at radius 3 is 2.36 bits per heavy atom. The molecule has 1 aliphatic heterocycles. The van der Waals surface area contributed by atoms with Gasteiger partial charge in [-0.3, -0.25) is 9.69 Å². The fraction of sp³-hybridized carbons (Fsp3) is 0.350. The highest BCUT2D eigenvalue weighted by molar-refractivity contribution is 6.31. The molecule has 0 saturated carbocycles. The normalized spacial score (nSPS) is 15.8. The Hall–Kier alpha value is -2.41. The highest BCUT2D eigenvalue weighted by atomic mass is 35.5. The van der Waals surface area contributed by atoms with Gasteiger partial charge in [-0.25, -0.2) is 0 Å². The average molecular weight is 413 g/mol. The van der Waals surface area contributed by atoms with Gasteiger partial charge in [0.15, 0.2) is 0 Å². The van der Waals surface area contributed by atoms with Crippen LogP contribution in [0.5, 0.6) is 5.75 Å². The molecule has 1 aliphatic rings. The summed E-state index contributed by atoms with van der Waals surface area (Å²) >= 11 is 6.13. The van der Waals surface area contributed by atoms with Crippen LogP contribution in [0.3, 0.4) is 0 Å². The molecule has 4 nitrogen and oxygen atoms in total. The van der Waals surface area contributed by atoms with Crippen molar-refractivity contribution in [2.45, 2.75) is 38.4 Å². The molecule has 0 spiro atoms. The summed E-state index contributed by atoms with van der Waals surface area (Å²) < 4.78 is 45.1. The number of hydrogen-bond donors (Lipinski definition) is 1. The van der Waals surface area contributed by atoms with Crippen molar-refractivity contribution in [2.24, 2.45) is 0 Å². The summed E-state index contributed by atoms with van der Waals surface area (Å²) in [4.78, 5) is 14.9. The van der Waals surface area contributed by atoms with Gasteiger partial charge in [-0.1, -0.05) is 25.4 Å². The van der Waals surface area contributed by atoms with Crippen LogP contribution in [0.25, 0.3) is 0 Å². The lowest BCUT2D eigenvalue weighted by molar-refractivity contribution is -0.137. The standard InChI is InChI=1S/C20H20ClF3N2O2/c1-4-19(5-2)18(27)26(16-11-13(21)7-9-17(16)28-3)15-8-6-12(20(22,23)24)10-14(15)25-19/h6-11,25H,4-5H2,1-3H3. The molecule has 0 fully saturated rings. The van der Waals surface area contributed by atoms with Crippen LogP contribution in [-0.4, -0.2) is 18.6 Å². The van der Waals surface area contributed by atoms with E-state index in [0.717, 1.165) is 12.1 Å². The number of nitrogens with one attached hydrogen (secondary N) is 1. The Balaban J connectivity index is 2.28. The van der Waals surface area contributed by atoms with E-state index in [4.69, 9.17) is 16.3 Å². The summed E-state index contributed by atoms with van der Waals surface area (Å²) in [5.74, 6) is 0.122. The number of carbonyl (C=O) groups excluding carboxylic acids is 1. The molecule has 0 aromatic heterocycles. The minimum atomic E-state index is -4.49. The fourth-order valence-corrected chi connectivity index (χ4v) is 3.61. The molecule has 0 bridgehead atoms. The van der Waals surface area contributed by atoms with Gasteiger partial charge in [0, 0.05) is 5.02 Å². The molecule has 150 valence electrons. The number of anilines is 3. The Kier molecular flexibility index (Phi) is 5.23. The second-order valence-corrected chi connectivity index (χ2v) is 7.04. The molecule has 0 aliphatic carbocycles. The molecule has 2 aromatic carbocycles. The van der Waals surface area contributed by atoms with Crippen molar-refractivity contribution >= 4 is 34.6 Å². The monoisotopic (exact) mass is 412 g/mol. The van der Waals surface area contributed by atoms with Crippen LogP contribution < -0.4 is 15.0 Å². The van der Waals surface area contributed by atoms with Crippen LogP contribution in [0.2, 0.25) is 5.02 Å². The van der Waals surface area contributed by atoms with Crippen LogP contribution in [0, 0.1) is 0 Å². The zero-order valence-electron chi connectivity index (χ0n) is 15.7. The molecular formula is C20H20ClF3N2O2. The third-order valence-corrected chi connectivity index (χ3v) is 5.38. The van der Waals surface area contributed by atoms with E-state index < -0.39 is 17.3 Å². The van der Waals surface area contributed by atoms with E-state index in [0.29, 0.717) is 35.0 Å². The third-order valence-electron chi connectivity index (χ3n) is 5.14. The predicted molar refractivity (Wildman–Crippen MR) is 104 cm³/mol. The van der Waals surface area contributed by atoms with E-state index in [1.807, 2.05) is 13.8 Å². The highest BCUT2D eigenvalue weighted by Crippen LogP contribution is 2.47. The molecule has 1 N–H and O–H groups in total. The van der Waals surface area contributed by atoms with Crippen LogP contribution in [0.1, 0.15) is 32.3 Å². The van der Waals surface area contributed by atoms with E-state index in [9.17, 15) is 18.0 Å². The van der Waals surface area contributed by atoms with Gasteiger partial charge in [0.1, 0.15) is 11.3 Å². The number of amides is 1. The van der Waals surface area contributed by atoms with E-state index in [2.05, 4.69) is 5.32 Å². The second-order valence-electron chi connectivity index (χ2n) is 6.60. The minimum absolute atomic E-state index is 0.236. The summed E-state index contributed by atoms with van der Waals surface area (Å²) in [5, 5.41) is 3.44. The van der Waals surface area contributed by atoms with Gasteiger partial charge in [0.25, 0.3) is 5.91 Å². The molecule has 0 atom stereocenters. The van der Waals surface area contributed by atoms with E-state index in [1.54, 1.807) is 18.2 Å². The lowest BCUT2D eigenvalue weighted by Gasteiger charge is -2.43. The van der Waals surface area contributed by atoms with Crippen LogP contribution in [-0.2, 0) is 11.0 Å². The van der Waals surface area contributed by atoms with Crippen molar-refractivity contribution in [1.82, 2.24) is 0 Å². The minimum Gasteiger partial charge on any atom is -0.495 e. The SMILES string of the molecule is CCC1(CC)Nc2cc(C(F)(F)F)ccc2N(c2cc(Cl)ccc2OC)C1=O. The zero-order chi connectivity index (χ0) is 20.7. The molecule has 3 rings (SSSR count). The van der Waals surface area contributed by atoms with Gasteiger partial charge in [-0.05, 0) is 49.2 Å². The van der Waals surface area contributed by atoms with Gasteiger partial charge >= 0.3 is 6.18 Å². The van der Waals surface area contributed by atoms with Crippen molar-refractivity contribution in [3.63, 3.8) is 0 Å². The first-order valence-electron chi connectivity index (χ1n) is 8.84. The number of hydrogen-bond acceptors (Lipinski definition) is 3. The lowest BCUT2D eigenvalue weighted by Crippen LogP contribution is -2.55. The molecule has 8 heteroatoms. The summed E-state index contributed by atoms with van der Waals surface area (Å²) in [6.45, 7) is 3.64. The summed E-state index contributed by atoms with van der Waals surface area (Å²) in [7, 11) is 1.46. The number of nitrogens with zero attached hydrogens (tertiary/aromatic N) is 1. The first kappa shape index (κ1) is 20.3. The molecule has 2 aromatic rings. The van der Waals surface area contributed by atoms with Crippen LogP contribution in [0.4, 0.5) is 30.2 Å². The largest absolute Gasteiger partial charge is 0.495 e. The van der Waals surface area contributed by atoms with Crippen molar-refractivity contribution in [2.75, 3.05) is 17.3 Å². The van der Waals surface area contributed by atoms with Crippen molar-refractivity contribution in [1.29, 1.82) is 0 Å². The van der Waals surface area contributed by atoms with Gasteiger partial charge in [0.05, 0.1) is 29.7 Å². The zero-order valence-corrected chi connectivity index (χ0v) is 16.4. The third kappa shape index (κ3) is 3.28. The number of methoxy groups -OCH3 is 1. The smallest absolute Gasteiger partial charge is 0.416 e. The summed E-state index contributed by atoms with van der Waals surface area (Å²) in [6, 6.07) is 8.10. The van der Waals surface area contributed by atoms with Crippen LogP contribution >= 0.6 is 11.6 Å². The maximum atomic E-state index is 13.5. The van der Waals surface area contributed by atoms with Crippen molar-refractivity contribution < 1.29 is 22.7 Å². The molecule has 0 saturated heterocycles. The number of benzene rings is 2. The summed E-state index contributed by atoms with van der Waals surface area (Å²) in [5.41, 5.74) is -0.887. The highest BCUT2D eigenvalue weighted by Gasteiger charge is 2.45. The Bertz CT molecular complexity index is 911. The van der Waals surface area contributed by atoms with Gasteiger partial charge in [-0.15, -0.1) is 0 Å². The fourth-order valence-electron chi connectivity index (χ4n) is 3.45. The second kappa shape index (κ2) is 7.20. The Morgan fingerprint density at radius 1 is 1.11 bits per heavy atom. The number of alkyl halides is 3. The quantitative estimate of drug-likeness (QED) is 0.668. The maximum absolute atomic E-state index is 13.5. The summed E-state index contributed by atoms with van der Waals surface area (Å²) in [6.07, 6.45) is -3.69. The Morgan fingerprint density at radius 2 is 1.79 bits per heavy atom. The number of ether oxygens (including phenoxy) is 1. The van der Waals surface area contributed by atoms with Gasteiger partial charge in [-0.2, -0.15) is 13.2 Å². The molecule has 28 heavy (non-hydrogen) atoms. The van der Waals surface area contributed by atoms with E-state index >= 15 is 0 Å². The van der Waals surface area contributed by atoms with E-state index in [1.165, 1.54) is 18.1 Å². The molecule has 1 amide bonds. The molecular weight excluding hydrogens is 393 g/mol. The number of rotatable bonds is 4. The van der Waals surface area contributed by atoms with Gasteiger partial charge in [0.2, 0.25) is 0 Å². The number of fused-ring (bicyclic) bond motifs is 1. The molecule has 0 radical (unpaired) electrons. The van der Waals surface area contributed by atoms with Crippen LogP contribution in [0.15, 0.2) is 36.4 Å². The number of carbonyl (C=O) groups is 1. The van der Waals surface area contributed by atoms with Crippen molar-refractivity contribution in [3.8, 4) is 5.75 Å². The lowest BCUT2D eigenvalue weighted by atomic mass is 9.87. The average Bonchev–Trinajstić information content (AvgIpc) is 2.66. The first-order valence-corrected chi connectivity index (χ1v) is 9.22. The molecule has 1 heterocycles. The maximum Gasteiger partial charge on any atom is 0.416 e. The Labute approximate surface area is 166 Å². The number of halogens is 4. The first-order chi connectivity index (χ1) is 13.2. The predicted octanol–water partition coefficient (Wildman–Crippen LogP) is 6.02. The van der Waals surface area contributed by atoms with Crippen molar-refractivity contribution in [3.05, 3.63) is 47.0 Å². The van der Waals surface area contributed by atoms with E-state index in [-0.39, 0.29) is 11.6 Å². The molecule has 0 unspecified atom stereocenters.